The fourth-order valence-corrected chi connectivity index (χ4v) is 2.42. The van der Waals surface area contributed by atoms with E-state index >= 15 is 0 Å². The van der Waals surface area contributed by atoms with Crippen LogP contribution in [0.2, 0.25) is 0 Å². The van der Waals surface area contributed by atoms with Crippen LogP contribution in [0.25, 0.3) is 11.5 Å². The molecule has 0 bridgehead atoms. The SMILES string of the molecule is COc1ccc(COCC(O)Cn2nc(-c3ccc(F)cc3)oc2=O)cc1. The highest BCUT2D eigenvalue weighted by Gasteiger charge is 2.14. The van der Waals surface area contributed by atoms with E-state index in [1.807, 2.05) is 24.3 Å². The summed E-state index contributed by atoms with van der Waals surface area (Å²) in [6, 6.07) is 12.8. The van der Waals surface area contributed by atoms with Crippen molar-refractivity contribution in [3.05, 3.63) is 70.5 Å². The lowest BCUT2D eigenvalue weighted by Crippen LogP contribution is -2.28. The standard InChI is InChI=1S/C19H19FN2O5/c1-25-17-8-2-13(3-9-17)11-26-12-16(23)10-22-19(24)27-18(21-22)14-4-6-15(20)7-5-14/h2-9,16,23H,10-12H2,1H3. The van der Waals surface area contributed by atoms with E-state index in [1.54, 1.807) is 7.11 Å². The predicted octanol–water partition coefficient (Wildman–Crippen LogP) is 2.23. The highest BCUT2D eigenvalue weighted by atomic mass is 19.1. The summed E-state index contributed by atoms with van der Waals surface area (Å²) < 4.78 is 29.6. The summed E-state index contributed by atoms with van der Waals surface area (Å²) in [5.74, 6) is -0.291. The summed E-state index contributed by atoms with van der Waals surface area (Å²) in [6.45, 7) is 0.263. The highest BCUT2D eigenvalue weighted by Crippen LogP contribution is 2.16. The topological polar surface area (TPSA) is 86.7 Å². The largest absolute Gasteiger partial charge is 0.497 e. The second-order valence-electron chi connectivity index (χ2n) is 5.88. The van der Waals surface area contributed by atoms with E-state index < -0.39 is 17.7 Å². The van der Waals surface area contributed by atoms with E-state index in [4.69, 9.17) is 13.9 Å². The van der Waals surface area contributed by atoms with E-state index in [1.165, 1.54) is 24.3 Å². The smallest absolute Gasteiger partial charge is 0.437 e. The minimum absolute atomic E-state index is 0.0250. The maximum absolute atomic E-state index is 13.0. The molecule has 1 unspecified atom stereocenters. The molecule has 3 rings (SSSR count). The van der Waals surface area contributed by atoms with Gasteiger partial charge in [-0.15, -0.1) is 5.10 Å². The zero-order chi connectivity index (χ0) is 19.2. The van der Waals surface area contributed by atoms with Crippen molar-refractivity contribution in [1.29, 1.82) is 0 Å². The molecule has 0 saturated heterocycles. The molecular formula is C19H19FN2O5. The number of ether oxygens (including phenoxy) is 2. The van der Waals surface area contributed by atoms with Gasteiger partial charge in [-0.1, -0.05) is 12.1 Å². The van der Waals surface area contributed by atoms with Crippen molar-refractivity contribution < 1.29 is 23.4 Å². The lowest BCUT2D eigenvalue weighted by atomic mass is 10.2. The number of aliphatic hydroxyl groups is 1. The van der Waals surface area contributed by atoms with Gasteiger partial charge in [-0.2, -0.15) is 4.68 Å². The maximum atomic E-state index is 13.0. The summed E-state index contributed by atoms with van der Waals surface area (Å²) in [4.78, 5) is 11.9. The third-order valence-electron chi connectivity index (χ3n) is 3.82. The van der Waals surface area contributed by atoms with Gasteiger partial charge >= 0.3 is 5.76 Å². The summed E-state index contributed by atoms with van der Waals surface area (Å²) in [5.41, 5.74) is 1.40. The molecule has 0 aliphatic carbocycles. The van der Waals surface area contributed by atoms with Crippen LogP contribution in [0.4, 0.5) is 4.39 Å². The average Bonchev–Trinajstić information content (AvgIpc) is 3.03. The lowest BCUT2D eigenvalue weighted by Gasteiger charge is -2.10. The van der Waals surface area contributed by atoms with E-state index in [9.17, 15) is 14.3 Å². The van der Waals surface area contributed by atoms with E-state index in [0.717, 1.165) is 16.0 Å². The first-order chi connectivity index (χ1) is 13.0. The Morgan fingerprint density at radius 3 is 2.56 bits per heavy atom. The quantitative estimate of drug-likeness (QED) is 0.651. The Kier molecular flexibility index (Phi) is 6.00. The van der Waals surface area contributed by atoms with E-state index in [0.29, 0.717) is 12.2 Å². The third-order valence-corrected chi connectivity index (χ3v) is 3.82. The summed E-state index contributed by atoms with van der Waals surface area (Å²) in [7, 11) is 1.59. The Balaban J connectivity index is 1.53. The van der Waals surface area contributed by atoms with Crippen molar-refractivity contribution in [2.75, 3.05) is 13.7 Å². The van der Waals surface area contributed by atoms with Crippen molar-refractivity contribution in [3.63, 3.8) is 0 Å². The molecule has 1 aromatic heterocycles. The zero-order valence-corrected chi connectivity index (χ0v) is 14.7. The van der Waals surface area contributed by atoms with Crippen LogP contribution < -0.4 is 10.5 Å². The van der Waals surface area contributed by atoms with Crippen LogP contribution in [0.3, 0.4) is 0 Å². The van der Waals surface area contributed by atoms with Crippen molar-refractivity contribution in [2.45, 2.75) is 19.3 Å². The number of benzene rings is 2. The number of aromatic nitrogens is 2. The van der Waals surface area contributed by atoms with Gasteiger partial charge in [0.05, 0.1) is 33.0 Å². The van der Waals surface area contributed by atoms with E-state index in [-0.39, 0.29) is 19.0 Å². The zero-order valence-electron chi connectivity index (χ0n) is 14.7. The molecule has 142 valence electrons. The summed E-state index contributed by atoms with van der Waals surface area (Å²) in [5, 5.41) is 14.1. The number of hydrogen-bond acceptors (Lipinski definition) is 6. The fourth-order valence-electron chi connectivity index (χ4n) is 2.42. The first-order valence-electron chi connectivity index (χ1n) is 8.28. The van der Waals surface area contributed by atoms with Gasteiger partial charge in [0.15, 0.2) is 0 Å². The van der Waals surface area contributed by atoms with Crippen LogP contribution in [0.15, 0.2) is 57.7 Å². The number of hydrogen-bond donors (Lipinski definition) is 1. The summed E-state index contributed by atoms with van der Waals surface area (Å²) >= 11 is 0. The van der Waals surface area contributed by atoms with Gasteiger partial charge in [0.25, 0.3) is 0 Å². The molecule has 1 heterocycles. The van der Waals surface area contributed by atoms with Crippen LogP contribution in [0.1, 0.15) is 5.56 Å². The number of nitrogens with zero attached hydrogens (tertiary/aromatic N) is 2. The molecule has 0 fully saturated rings. The third kappa shape index (κ3) is 5.02. The molecule has 27 heavy (non-hydrogen) atoms. The Hall–Kier alpha value is -2.97. The molecule has 7 nitrogen and oxygen atoms in total. The molecule has 8 heteroatoms. The normalized spacial score (nSPS) is 12.1. The predicted molar refractivity (Wildman–Crippen MR) is 94.8 cm³/mol. The highest BCUT2D eigenvalue weighted by molar-refractivity contribution is 5.51. The van der Waals surface area contributed by atoms with Gasteiger partial charge in [0, 0.05) is 5.56 Å². The Bertz CT molecular complexity index is 919. The molecule has 0 amide bonds. The van der Waals surface area contributed by atoms with Crippen molar-refractivity contribution >= 4 is 0 Å². The molecular weight excluding hydrogens is 355 g/mol. The maximum Gasteiger partial charge on any atom is 0.437 e. The van der Waals surface area contributed by atoms with Crippen molar-refractivity contribution in [3.8, 4) is 17.2 Å². The van der Waals surface area contributed by atoms with Gasteiger partial charge in [0.1, 0.15) is 11.6 Å². The molecule has 2 aromatic carbocycles. The Morgan fingerprint density at radius 2 is 1.89 bits per heavy atom. The van der Waals surface area contributed by atoms with Crippen LogP contribution in [0.5, 0.6) is 5.75 Å². The first-order valence-corrected chi connectivity index (χ1v) is 8.28. The molecule has 0 radical (unpaired) electrons. The first kappa shape index (κ1) is 18.8. The molecule has 0 aliphatic heterocycles. The summed E-state index contributed by atoms with van der Waals surface area (Å²) in [6.07, 6.45) is -0.938. The second-order valence-corrected chi connectivity index (χ2v) is 5.88. The number of aliphatic hydroxyl groups excluding tert-OH is 1. The molecule has 1 N–H and O–H groups in total. The Morgan fingerprint density at radius 1 is 1.19 bits per heavy atom. The van der Waals surface area contributed by atoms with Gasteiger partial charge in [-0.3, -0.25) is 0 Å². The fraction of sp³-hybridized carbons (Fsp3) is 0.263. The Labute approximate surface area is 154 Å². The van der Waals surface area contributed by atoms with Crippen LogP contribution >= 0.6 is 0 Å². The minimum Gasteiger partial charge on any atom is -0.497 e. The van der Waals surface area contributed by atoms with Gasteiger partial charge in [-0.25, -0.2) is 9.18 Å². The van der Waals surface area contributed by atoms with Gasteiger partial charge < -0.3 is 19.0 Å². The van der Waals surface area contributed by atoms with E-state index in [2.05, 4.69) is 5.10 Å². The van der Waals surface area contributed by atoms with Crippen LogP contribution in [0, 0.1) is 5.82 Å². The van der Waals surface area contributed by atoms with Crippen LogP contribution in [-0.2, 0) is 17.9 Å². The minimum atomic E-state index is -0.938. The number of methoxy groups -OCH3 is 1. The molecule has 0 aliphatic rings. The average molecular weight is 374 g/mol. The monoisotopic (exact) mass is 374 g/mol. The van der Waals surface area contributed by atoms with Crippen molar-refractivity contribution in [1.82, 2.24) is 9.78 Å². The molecule has 0 saturated carbocycles. The van der Waals surface area contributed by atoms with Gasteiger partial charge in [-0.05, 0) is 42.0 Å². The van der Waals surface area contributed by atoms with Crippen LogP contribution in [-0.4, -0.2) is 34.7 Å². The molecule has 1 atom stereocenters. The van der Waals surface area contributed by atoms with Crippen molar-refractivity contribution in [2.24, 2.45) is 0 Å². The molecule has 0 spiro atoms. The number of rotatable bonds is 8. The lowest BCUT2D eigenvalue weighted by molar-refractivity contribution is 0.0178. The molecule has 3 aromatic rings. The second kappa shape index (κ2) is 8.61. The van der Waals surface area contributed by atoms with Gasteiger partial charge in [0.2, 0.25) is 5.89 Å². The number of halogens is 1.